The van der Waals surface area contributed by atoms with Gasteiger partial charge in [-0.3, -0.25) is 9.59 Å². The molecule has 2 aromatic carbocycles. The molecule has 2 aromatic rings. The number of hydrogen-bond donors (Lipinski definition) is 1. The third-order valence-corrected chi connectivity index (χ3v) is 4.61. The first kappa shape index (κ1) is 16.3. The van der Waals surface area contributed by atoms with Crippen LogP contribution in [0.2, 0.25) is 0 Å². The standard InChI is InChI=1S/C20H19N3O3/c24-19-11-15(13-23(19)16-9-5-2-6-10-16)21-20(25)18-12-17(22-26-18)14-7-3-1-4-8-14/h1-10,15,18H,11-13H2,(H,21,25). The minimum atomic E-state index is -0.647. The molecule has 2 atom stereocenters. The van der Waals surface area contributed by atoms with Crippen LogP contribution >= 0.6 is 0 Å². The van der Waals surface area contributed by atoms with E-state index in [0.717, 1.165) is 17.0 Å². The van der Waals surface area contributed by atoms with E-state index in [1.807, 2.05) is 60.7 Å². The first-order valence-electron chi connectivity index (χ1n) is 8.64. The number of amides is 2. The van der Waals surface area contributed by atoms with Gasteiger partial charge < -0.3 is 15.1 Å². The molecule has 2 aliphatic heterocycles. The summed E-state index contributed by atoms with van der Waals surface area (Å²) in [4.78, 5) is 31.7. The van der Waals surface area contributed by atoms with E-state index < -0.39 is 6.10 Å². The van der Waals surface area contributed by atoms with E-state index in [9.17, 15) is 9.59 Å². The SMILES string of the molecule is O=C(NC1CC(=O)N(c2ccccc2)C1)C1CC(c2ccccc2)=NO1. The van der Waals surface area contributed by atoms with Gasteiger partial charge >= 0.3 is 0 Å². The van der Waals surface area contributed by atoms with Gasteiger partial charge in [-0.1, -0.05) is 53.7 Å². The van der Waals surface area contributed by atoms with Crippen molar-refractivity contribution in [2.45, 2.75) is 25.0 Å². The Bertz CT molecular complexity index is 836. The minimum Gasteiger partial charge on any atom is -0.382 e. The van der Waals surface area contributed by atoms with Crippen LogP contribution in [0.25, 0.3) is 0 Å². The molecule has 1 N–H and O–H groups in total. The quantitative estimate of drug-likeness (QED) is 0.919. The molecule has 2 aliphatic rings. The minimum absolute atomic E-state index is 0.00932. The highest BCUT2D eigenvalue weighted by Gasteiger charge is 2.35. The summed E-state index contributed by atoms with van der Waals surface area (Å²) in [5.41, 5.74) is 2.56. The molecule has 26 heavy (non-hydrogen) atoms. The zero-order valence-corrected chi connectivity index (χ0v) is 14.2. The van der Waals surface area contributed by atoms with Crippen LogP contribution in [0.5, 0.6) is 0 Å². The van der Waals surface area contributed by atoms with Gasteiger partial charge in [0.1, 0.15) is 0 Å². The van der Waals surface area contributed by atoms with Gasteiger partial charge in [-0.15, -0.1) is 0 Å². The van der Waals surface area contributed by atoms with Gasteiger partial charge in [0.25, 0.3) is 5.91 Å². The van der Waals surface area contributed by atoms with Gasteiger partial charge in [0.15, 0.2) is 0 Å². The van der Waals surface area contributed by atoms with Crippen LogP contribution in [0.3, 0.4) is 0 Å². The summed E-state index contributed by atoms with van der Waals surface area (Å²) < 4.78 is 0. The lowest BCUT2D eigenvalue weighted by Gasteiger charge is -2.18. The zero-order valence-electron chi connectivity index (χ0n) is 14.2. The highest BCUT2D eigenvalue weighted by molar-refractivity contribution is 6.04. The van der Waals surface area contributed by atoms with Crippen molar-refractivity contribution >= 4 is 23.2 Å². The van der Waals surface area contributed by atoms with Gasteiger partial charge in [0, 0.05) is 25.1 Å². The number of hydrogen-bond acceptors (Lipinski definition) is 4. The number of carbonyl (C=O) groups excluding carboxylic acids is 2. The highest BCUT2D eigenvalue weighted by atomic mass is 16.6. The van der Waals surface area contributed by atoms with Crippen molar-refractivity contribution in [2.75, 3.05) is 11.4 Å². The molecule has 0 aromatic heterocycles. The highest BCUT2D eigenvalue weighted by Crippen LogP contribution is 2.22. The number of carbonyl (C=O) groups is 2. The largest absolute Gasteiger partial charge is 0.382 e. The fraction of sp³-hybridized carbons (Fsp3) is 0.250. The van der Waals surface area contributed by atoms with Crippen molar-refractivity contribution in [3.8, 4) is 0 Å². The average molecular weight is 349 g/mol. The molecule has 132 valence electrons. The van der Waals surface area contributed by atoms with Crippen molar-refractivity contribution in [1.29, 1.82) is 0 Å². The molecule has 6 nitrogen and oxygen atoms in total. The monoisotopic (exact) mass is 349 g/mol. The second-order valence-electron chi connectivity index (χ2n) is 6.45. The molecule has 4 rings (SSSR count). The number of nitrogens with zero attached hydrogens (tertiary/aromatic N) is 2. The fourth-order valence-corrected chi connectivity index (χ4v) is 3.27. The Morgan fingerprint density at radius 3 is 2.46 bits per heavy atom. The number of benzene rings is 2. The Morgan fingerprint density at radius 1 is 1.04 bits per heavy atom. The molecule has 2 heterocycles. The normalized spacial score (nSPS) is 22.1. The first-order chi connectivity index (χ1) is 12.7. The molecule has 2 amide bonds. The lowest BCUT2D eigenvalue weighted by Crippen LogP contribution is -2.42. The zero-order chi connectivity index (χ0) is 17.9. The van der Waals surface area contributed by atoms with Crippen molar-refractivity contribution in [3.63, 3.8) is 0 Å². The molecule has 6 heteroatoms. The molecule has 1 saturated heterocycles. The number of oxime groups is 1. The van der Waals surface area contributed by atoms with Crippen LogP contribution in [-0.2, 0) is 14.4 Å². The van der Waals surface area contributed by atoms with Crippen LogP contribution in [0.15, 0.2) is 65.8 Å². The lowest BCUT2D eigenvalue weighted by molar-refractivity contribution is -0.131. The van der Waals surface area contributed by atoms with E-state index in [-0.39, 0.29) is 17.9 Å². The molecule has 0 aliphatic carbocycles. The van der Waals surface area contributed by atoms with E-state index >= 15 is 0 Å². The summed E-state index contributed by atoms with van der Waals surface area (Å²) in [7, 11) is 0. The summed E-state index contributed by atoms with van der Waals surface area (Å²) in [5.74, 6) is -0.220. The van der Waals surface area contributed by atoms with Crippen molar-refractivity contribution in [3.05, 3.63) is 66.2 Å². The predicted molar refractivity (Wildman–Crippen MR) is 97.8 cm³/mol. The molecule has 0 bridgehead atoms. The maximum Gasteiger partial charge on any atom is 0.264 e. The molecule has 0 radical (unpaired) electrons. The molecule has 1 fully saturated rings. The van der Waals surface area contributed by atoms with Gasteiger partial charge in [-0.25, -0.2) is 0 Å². The molecule has 0 spiro atoms. The summed E-state index contributed by atoms with van der Waals surface area (Å²) in [6, 6.07) is 18.9. The second kappa shape index (κ2) is 7.00. The van der Waals surface area contributed by atoms with E-state index in [4.69, 9.17) is 4.84 Å². The summed E-state index contributed by atoms with van der Waals surface area (Å²) >= 11 is 0. The molecular weight excluding hydrogens is 330 g/mol. The topological polar surface area (TPSA) is 71.0 Å². The van der Waals surface area contributed by atoms with Crippen LogP contribution in [-0.4, -0.2) is 36.2 Å². The van der Waals surface area contributed by atoms with Crippen LogP contribution in [0, 0.1) is 0 Å². The number of nitrogens with one attached hydrogen (secondary N) is 1. The average Bonchev–Trinajstić information content (AvgIpc) is 3.30. The predicted octanol–water partition coefficient (Wildman–Crippen LogP) is 2.10. The summed E-state index contributed by atoms with van der Waals surface area (Å²) in [6.07, 6.45) is 0.0738. The third-order valence-electron chi connectivity index (χ3n) is 4.61. The van der Waals surface area contributed by atoms with Crippen LogP contribution in [0.1, 0.15) is 18.4 Å². The summed E-state index contributed by atoms with van der Waals surface area (Å²) in [5, 5.41) is 6.96. The van der Waals surface area contributed by atoms with Crippen LogP contribution < -0.4 is 10.2 Å². The van der Waals surface area contributed by atoms with E-state index in [1.54, 1.807) is 4.90 Å². The second-order valence-corrected chi connectivity index (χ2v) is 6.45. The van der Waals surface area contributed by atoms with Crippen LogP contribution in [0.4, 0.5) is 5.69 Å². The maximum absolute atomic E-state index is 12.5. The first-order valence-corrected chi connectivity index (χ1v) is 8.64. The molecule has 2 unspecified atom stereocenters. The number of anilines is 1. The smallest absolute Gasteiger partial charge is 0.264 e. The fourth-order valence-electron chi connectivity index (χ4n) is 3.27. The Hall–Kier alpha value is -3.15. The molecular formula is C20H19N3O3. The van der Waals surface area contributed by atoms with Crippen molar-refractivity contribution in [1.82, 2.24) is 5.32 Å². The van der Waals surface area contributed by atoms with Crippen molar-refractivity contribution < 1.29 is 14.4 Å². The van der Waals surface area contributed by atoms with Gasteiger partial charge in [0.2, 0.25) is 12.0 Å². The van der Waals surface area contributed by atoms with E-state index in [0.29, 0.717) is 19.4 Å². The Balaban J connectivity index is 1.34. The van der Waals surface area contributed by atoms with Gasteiger partial charge in [-0.2, -0.15) is 0 Å². The summed E-state index contributed by atoms with van der Waals surface area (Å²) in [6.45, 7) is 0.466. The Kier molecular flexibility index (Phi) is 4.39. The Morgan fingerprint density at radius 2 is 1.73 bits per heavy atom. The van der Waals surface area contributed by atoms with E-state index in [2.05, 4.69) is 10.5 Å². The van der Waals surface area contributed by atoms with Crippen molar-refractivity contribution in [2.24, 2.45) is 5.16 Å². The van der Waals surface area contributed by atoms with Gasteiger partial charge in [-0.05, 0) is 17.7 Å². The molecule has 0 saturated carbocycles. The maximum atomic E-state index is 12.5. The van der Waals surface area contributed by atoms with Gasteiger partial charge in [0.05, 0.1) is 11.8 Å². The van der Waals surface area contributed by atoms with E-state index in [1.165, 1.54) is 0 Å². The third kappa shape index (κ3) is 3.31. The number of para-hydroxylation sites is 1. The Labute approximate surface area is 151 Å². The number of rotatable bonds is 4. The lowest BCUT2D eigenvalue weighted by atomic mass is 10.0.